The topological polar surface area (TPSA) is 84.3 Å². The lowest BCUT2D eigenvalue weighted by Crippen LogP contribution is -2.30. The maximum absolute atomic E-state index is 13.4. The van der Waals surface area contributed by atoms with Gasteiger partial charge in [-0.3, -0.25) is 9.36 Å². The molecule has 32 heavy (non-hydrogen) atoms. The third-order valence-corrected chi connectivity index (χ3v) is 7.79. The Morgan fingerprint density at radius 3 is 2.44 bits per heavy atom. The van der Waals surface area contributed by atoms with Crippen LogP contribution in [-0.4, -0.2) is 47.5 Å². The number of benzene rings is 2. The van der Waals surface area contributed by atoms with Crippen LogP contribution in [0.3, 0.4) is 0 Å². The smallest absolute Gasteiger partial charge is 0.274 e. The van der Waals surface area contributed by atoms with E-state index >= 15 is 0 Å². The van der Waals surface area contributed by atoms with Crippen molar-refractivity contribution in [1.82, 2.24) is 13.9 Å². The quantitative estimate of drug-likeness (QED) is 0.458. The van der Waals surface area contributed by atoms with Gasteiger partial charge in [-0.15, -0.1) is 0 Å². The third-order valence-electron chi connectivity index (χ3n) is 4.76. The lowest BCUT2D eigenvalue weighted by molar-refractivity contribution is 0.102. The van der Waals surface area contributed by atoms with Gasteiger partial charge in [-0.1, -0.05) is 37.2 Å². The number of nitrogens with one attached hydrogen (secondary N) is 1. The van der Waals surface area contributed by atoms with Crippen LogP contribution in [-0.2, 0) is 10.0 Å². The SMILES string of the molecule is CCN(CC)S(=O)(=O)c1ccc(Cl)c(NC(=O)c2cnc(SC)n2-c2ccc(F)cc2)c1. The molecule has 1 amide bonds. The first-order valence-electron chi connectivity index (χ1n) is 9.71. The number of anilines is 1. The molecule has 0 saturated carbocycles. The highest BCUT2D eigenvalue weighted by atomic mass is 35.5. The van der Waals surface area contributed by atoms with E-state index in [4.69, 9.17) is 11.6 Å². The third kappa shape index (κ3) is 4.83. The van der Waals surface area contributed by atoms with Crippen molar-refractivity contribution in [3.8, 4) is 5.69 Å². The van der Waals surface area contributed by atoms with Gasteiger partial charge in [0.2, 0.25) is 10.0 Å². The second-order valence-electron chi connectivity index (χ2n) is 6.63. The second kappa shape index (κ2) is 10.0. The Morgan fingerprint density at radius 1 is 1.19 bits per heavy atom. The highest BCUT2D eigenvalue weighted by molar-refractivity contribution is 7.98. The zero-order valence-electron chi connectivity index (χ0n) is 17.7. The lowest BCUT2D eigenvalue weighted by atomic mass is 10.3. The largest absolute Gasteiger partial charge is 0.319 e. The molecule has 1 aromatic heterocycles. The standard InChI is InChI=1S/C21H22ClFN4O3S2/c1-4-26(5-2)32(29,30)16-10-11-17(22)18(12-16)25-20(28)19-13-24-21(31-3)27(19)15-8-6-14(23)7-9-15/h6-13H,4-5H2,1-3H3,(H,25,28). The Labute approximate surface area is 195 Å². The van der Waals surface area contributed by atoms with Crippen LogP contribution in [0.15, 0.2) is 58.7 Å². The van der Waals surface area contributed by atoms with Crippen molar-refractivity contribution < 1.29 is 17.6 Å². The second-order valence-corrected chi connectivity index (χ2v) is 9.75. The fourth-order valence-corrected chi connectivity index (χ4v) is 5.33. The van der Waals surface area contributed by atoms with Crippen LogP contribution in [0.2, 0.25) is 5.02 Å². The zero-order valence-corrected chi connectivity index (χ0v) is 20.1. The van der Waals surface area contributed by atoms with E-state index in [0.717, 1.165) is 0 Å². The number of halogens is 2. The van der Waals surface area contributed by atoms with E-state index in [9.17, 15) is 17.6 Å². The summed E-state index contributed by atoms with van der Waals surface area (Å²) >= 11 is 7.56. The monoisotopic (exact) mass is 496 g/mol. The number of rotatable bonds is 8. The van der Waals surface area contributed by atoms with E-state index in [2.05, 4.69) is 10.3 Å². The minimum atomic E-state index is -3.73. The molecule has 3 aromatic rings. The molecular formula is C21H22ClFN4O3S2. The van der Waals surface area contributed by atoms with Crippen molar-refractivity contribution in [1.29, 1.82) is 0 Å². The normalized spacial score (nSPS) is 11.7. The molecule has 0 saturated heterocycles. The average Bonchev–Trinajstić information content (AvgIpc) is 3.20. The number of sulfonamides is 1. The summed E-state index contributed by atoms with van der Waals surface area (Å²) in [7, 11) is -3.73. The Balaban J connectivity index is 1.98. The summed E-state index contributed by atoms with van der Waals surface area (Å²) in [4.78, 5) is 17.4. The van der Waals surface area contributed by atoms with Crippen LogP contribution < -0.4 is 5.32 Å². The molecule has 0 bridgehead atoms. The number of thioether (sulfide) groups is 1. The zero-order chi connectivity index (χ0) is 23.5. The van der Waals surface area contributed by atoms with E-state index in [-0.39, 0.29) is 21.3 Å². The summed E-state index contributed by atoms with van der Waals surface area (Å²) in [6, 6.07) is 9.83. The Morgan fingerprint density at radius 2 is 1.84 bits per heavy atom. The molecular weight excluding hydrogens is 475 g/mol. The minimum absolute atomic E-state index is 0.0257. The maximum Gasteiger partial charge on any atom is 0.274 e. The number of carbonyl (C=O) groups excluding carboxylic acids is 1. The van der Waals surface area contributed by atoms with Crippen molar-refractivity contribution in [2.75, 3.05) is 24.7 Å². The molecule has 0 radical (unpaired) electrons. The first-order valence-corrected chi connectivity index (χ1v) is 12.8. The van der Waals surface area contributed by atoms with E-state index in [1.807, 2.05) is 6.26 Å². The molecule has 0 aliphatic carbocycles. The molecule has 0 atom stereocenters. The molecule has 170 valence electrons. The van der Waals surface area contributed by atoms with Gasteiger partial charge in [-0.2, -0.15) is 4.31 Å². The molecule has 0 spiro atoms. The molecule has 0 aliphatic rings. The fourth-order valence-electron chi connectivity index (χ4n) is 3.14. The van der Waals surface area contributed by atoms with Crippen LogP contribution in [0.1, 0.15) is 24.3 Å². The van der Waals surface area contributed by atoms with Crippen LogP contribution in [0, 0.1) is 5.82 Å². The van der Waals surface area contributed by atoms with Gasteiger partial charge >= 0.3 is 0 Å². The lowest BCUT2D eigenvalue weighted by Gasteiger charge is -2.19. The number of amides is 1. The number of nitrogens with zero attached hydrogens (tertiary/aromatic N) is 3. The van der Waals surface area contributed by atoms with E-state index in [1.165, 1.54) is 64.7 Å². The van der Waals surface area contributed by atoms with Crippen molar-refractivity contribution in [3.05, 3.63) is 65.2 Å². The van der Waals surface area contributed by atoms with Crippen molar-refractivity contribution >= 4 is 45.0 Å². The van der Waals surface area contributed by atoms with Gasteiger partial charge in [0.1, 0.15) is 11.5 Å². The van der Waals surface area contributed by atoms with Gasteiger partial charge in [0.05, 0.1) is 21.8 Å². The molecule has 0 aliphatic heterocycles. The Kier molecular flexibility index (Phi) is 7.60. The van der Waals surface area contributed by atoms with Gasteiger partial charge in [-0.05, 0) is 48.7 Å². The number of carbonyl (C=O) groups is 1. The number of aromatic nitrogens is 2. The van der Waals surface area contributed by atoms with E-state index < -0.39 is 21.7 Å². The first-order chi connectivity index (χ1) is 15.2. The predicted octanol–water partition coefficient (Wildman–Crippen LogP) is 4.67. The first kappa shape index (κ1) is 24.2. The molecule has 2 aromatic carbocycles. The van der Waals surface area contributed by atoms with E-state index in [0.29, 0.717) is 23.9 Å². The molecule has 11 heteroatoms. The number of hydrogen-bond donors (Lipinski definition) is 1. The van der Waals surface area contributed by atoms with Crippen molar-refractivity contribution in [3.63, 3.8) is 0 Å². The summed E-state index contributed by atoms with van der Waals surface area (Å²) in [5.74, 6) is -0.940. The van der Waals surface area contributed by atoms with Gasteiger partial charge in [-0.25, -0.2) is 17.8 Å². The summed E-state index contributed by atoms with van der Waals surface area (Å²) in [5.41, 5.74) is 0.902. The van der Waals surface area contributed by atoms with Gasteiger partial charge in [0.15, 0.2) is 5.16 Å². The number of imidazole rings is 1. The average molecular weight is 497 g/mol. The van der Waals surface area contributed by atoms with Gasteiger partial charge in [0.25, 0.3) is 5.91 Å². The van der Waals surface area contributed by atoms with Crippen LogP contribution in [0.5, 0.6) is 0 Å². The summed E-state index contributed by atoms with van der Waals surface area (Å²) < 4.78 is 42.0. The van der Waals surface area contributed by atoms with Crippen LogP contribution in [0.4, 0.5) is 10.1 Å². The Hall–Kier alpha value is -2.40. The molecule has 3 rings (SSSR count). The molecule has 1 heterocycles. The highest BCUT2D eigenvalue weighted by Gasteiger charge is 2.24. The predicted molar refractivity (Wildman–Crippen MR) is 125 cm³/mol. The van der Waals surface area contributed by atoms with Crippen molar-refractivity contribution in [2.24, 2.45) is 0 Å². The number of hydrogen-bond acceptors (Lipinski definition) is 5. The summed E-state index contributed by atoms with van der Waals surface area (Å²) in [6.45, 7) is 4.13. The molecule has 0 unspecified atom stereocenters. The van der Waals surface area contributed by atoms with Gasteiger partial charge < -0.3 is 5.32 Å². The van der Waals surface area contributed by atoms with Crippen LogP contribution in [0.25, 0.3) is 5.69 Å². The fraction of sp³-hybridized carbons (Fsp3) is 0.238. The van der Waals surface area contributed by atoms with Crippen molar-refractivity contribution in [2.45, 2.75) is 23.9 Å². The summed E-state index contributed by atoms with van der Waals surface area (Å²) in [6.07, 6.45) is 3.21. The molecule has 7 nitrogen and oxygen atoms in total. The minimum Gasteiger partial charge on any atom is -0.319 e. The van der Waals surface area contributed by atoms with Crippen LogP contribution >= 0.6 is 23.4 Å². The van der Waals surface area contributed by atoms with E-state index in [1.54, 1.807) is 18.4 Å². The maximum atomic E-state index is 13.4. The molecule has 1 N–H and O–H groups in total. The Bertz CT molecular complexity index is 1230. The summed E-state index contributed by atoms with van der Waals surface area (Å²) in [5, 5.41) is 3.40. The highest BCUT2D eigenvalue weighted by Crippen LogP contribution is 2.28. The van der Waals surface area contributed by atoms with Gasteiger partial charge in [0, 0.05) is 18.8 Å². The molecule has 0 fully saturated rings.